The molecular formula is C20H25ClN4O. The molecule has 6 heteroatoms. The maximum atomic E-state index is 12.9. The van der Waals surface area contributed by atoms with Crippen LogP contribution >= 0.6 is 11.6 Å². The van der Waals surface area contributed by atoms with Gasteiger partial charge in [-0.05, 0) is 43.7 Å². The van der Waals surface area contributed by atoms with Crippen LogP contribution in [0.3, 0.4) is 0 Å². The molecule has 2 unspecified atom stereocenters. The maximum Gasteiger partial charge on any atom is 0.242 e. The minimum atomic E-state index is 0.229. The van der Waals surface area contributed by atoms with E-state index in [4.69, 9.17) is 11.6 Å². The van der Waals surface area contributed by atoms with E-state index in [0.717, 1.165) is 43.1 Å². The summed E-state index contributed by atoms with van der Waals surface area (Å²) in [6, 6.07) is 7.19. The van der Waals surface area contributed by atoms with E-state index in [-0.39, 0.29) is 5.91 Å². The Hall–Kier alpha value is -1.56. The Balaban J connectivity index is 1.59. The van der Waals surface area contributed by atoms with Gasteiger partial charge in [-0.15, -0.1) is 0 Å². The highest BCUT2D eigenvalue weighted by Crippen LogP contribution is 2.47. The summed E-state index contributed by atoms with van der Waals surface area (Å²) in [6.45, 7) is 3.83. The average molecular weight is 373 g/mol. The summed E-state index contributed by atoms with van der Waals surface area (Å²) < 4.78 is 2.28. The Morgan fingerprint density at radius 2 is 2.08 bits per heavy atom. The molecule has 1 amide bonds. The van der Waals surface area contributed by atoms with Crippen LogP contribution in [-0.4, -0.2) is 59.5 Å². The largest absolute Gasteiger partial charge is 0.339 e. The van der Waals surface area contributed by atoms with Crippen LogP contribution in [0.2, 0.25) is 5.02 Å². The van der Waals surface area contributed by atoms with Gasteiger partial charge in [0.25, 0.3) is 0 Å². The van der Waals surface area contributed by atoms with Gasteiger partial charge in [0.1, 0.15) is 6.54 Å². The fourth-order valence-electron chi connectivity index (χ4n) is 5.16. The lowest BCUT2D eigenvalue weighted by Crippen LogP contribution is -2.47. The Morgan fingerprint density at radius 3 is 2.88 bits per heavy atom. The molecule has 3 aliphatic heterocycles. The van der Waals surface area contributed by atoms with Crippen LogP contribution in [-0.2, 0) is 17.8 Å². The van der Waals surface area contributed by atoms with Gasteiger partial charge in [0.15, 0.2) is 0 Å². The molecule has 26 heavy (non-hydrogen) atoms. The van der Waals surface area contributed by atoms with Gasteiger partial charge in [-0.25, -0.2) is 0 Å². The molecule has 2 fully saturated rings. The number of nitrogens with zero attached hydrogens (tertiary/aromatic N) is 3. The molecule has 5 nitrogen and oxygen atoms in total. The summed E-state index contributed by atoms with van der Waals surface area (Å²) >= 11 is 6.33. The highest BCUT2D eigenvalue weighted by Gasteiger charge is 2.41. The van der Waals surface area contributed by atoms with E-state index in [1.54, 1.807) is 0 Å². The van der Waals surface area contributed by atoms with Crippen molar-refractivity contribution in [2.75, 3.05) is 33.2 Å². The lowest BCUT2D eigenvalue weighted by atomic mass is 9.97. The summed E-state index contributed by atoms with van der Waals surface area (Å²) in [5.74, 6) is 0.229. The Kier molecular flexibility index (Phi) is 3.99. The summed E-state index contributed by atoms with van der Waals surface area (Å²) in [7, 11) is 2.24. The van der Waals surface area contributed by atoms with Gasteiger partial charge < -0.3 is 14.8 Å². The topological polar surface area (TPSA) is 40.5 Å². The normalized spacial score (nSPS) is 25.7. The number of carbonyl (C=O) groups excluding carboxylic acids is 1. The number of amides is 1. The van der Waals surface area contributed by atoms with Crippen LogP contribution in [0.15, 0.2) is 18.2 Å². The van der Waals surface area contributed by atoms with E-state index in [0.29, 0.717) is 18.6 Å². The van der Waals surface area contributed by atoms with Crippen molar-refractivity contribution >= 4 is 28.4 Å². The summed E-state index contributed by atoms with van der Waals surface area (Å²) in [5, 5.41) is 5.32. The molecule has 3 aliphatic rings. The zero-order valence-corrected chi connectivity index (χ0v) is 15.9. The molecule has 2 bridgehead atoms. The van der Waals surface area contributed by atoms with Gasteiger partial charge in [-0.2, -0.15) is 0 Å². The van der Waals surface area contributed by atoms with Crippen molar-refractivity contribution in [3.8, 4) is 0 Å². The second-order valence-corrected chi connectivity index (χ2v) is 8.29. The minimum absolute atomic E-state index is 0.229. The molecular weight excluding hydrogens is 348 g/mol. The first-order valence-electron chi connectivity index (χ1n) is 9.64. The average Bonchev–Trinajstić information content (AvgIpc) is 3.06. The van der Waals surface area contributed by atoms with Gasteiger partial charge in [-0.3, -0.25) is 9.69 Å². The SMILES string of the molecule is CN1C2CCC1c1c(n(CC(=O)N3CCNCC3)c3ccc(Cl)cc13)C2. The van der Waals surface area contributed by atoms with E-state index in [1.165, 1.54) is 29.5 Å². The standard InChI is InChI=1S/C20H25ClN4O/c1-23-14-3-5-17(23)20-15-10-13(21)2-4-16(15)25(18(20)11-14)12-19(26)24-8-6-22-7-9-24/h2,4,10,14,17,22H,3,5-9,11-12H2,1H3. The number of hydrogen-bond donors (Lipinski definition) is 1. The molecule has 1 aromatic heterocycles. The van der Waals surface area contributed by atoms with E-state index in [9.17, 15) is 4.79 Å². The molecule has 0 spiro atoms. The van der Waals surface area contributed by atoms with Gasteiger partial charge in [0.05, 0.1) is 0 Å². The number of carbonyl (C=O) groups is 1. The highest BCUT2D eigenvalue weighted by molar-refractivity contribution is 6.31. The molecule has 2 aromatic rings. The number of hydrogen-bond acceptors (Lipinski definition) is 3. The van der Waals surface area contributed by atoms with Crippen LogP contribution in [0, 0.1) is 0 Å². The Morgan fingerprint density at radius 1 is 1.27 bits per heavy atom. The molecule has 0 saturated carbocycles. The van der Waals surface area contributed by atoms with Crippen molar-refractivity contribution in [3.05, 3.63) is 34.5 Å². The van der Waals surface area contributed by atoms with E-state index in [1.807, 2.05) is 11.0 Å². The van der Waals surface area contributed by atoms with Crippen LogP contribution in [0.25, 0.3) is 10.9 Å². The zero-order chi connectivity index (χ0) is 17.8. The number of piperazine rings is 1. The molecule has 138 valence electrons. The fraction of sp³-hybridized carbons (Fsp3) is 0.550. The number of fused-ring (bicyclic) bond motifs is 6. The van der Waals surface area contributed by atoms with Crippen LogP contribution in [0.4, 0.5) is 0 Å². The molecule has 2 saturated heterocycles. The third-order valence-electron chi connectivity index (χ3n) is 6.54. The number of benzene rings is 1. The molecule has 1 N–H and O–H groups in total. The van der Waals surface area contributed by atoms with Crippen molar-refractivity contribution in [1.29, 1.82) is 0 Å². The van der Waals surface area contributed by atoms with Gasteiger partial charge >= 0.3 is 0 Å². The van der Waals surface area contributed by atoms with Gasteiger partial charge in [-0.1, -0.05) is 11.6 Å². The second kappa shape index (κ2) is 6.25. The lowest BCUT2D eigenvalue weighted by molar-refractivity contribution is -0.132. The number of rotatable bonds is 2. The second-order valence-electron chi connectivity index (χ2n) is 7.86. The van der Waals surface area contributed by atoms with Crippen molar-refractivity contribution in [2.24, 2.45) is 0 Å². The molecule has 0 aliphatic carbocycles. The zero-order valence-electron chi connectivity index (χ0n) is 15.2. The minimum Gasteiger partial charge on any atom is -0.339 e. The summed E-state index contributed by atoms with van der Waals surface area (Å²) in [4.78, 5) is 17.5. The highest BCUT2D eigenvalue weighted by atomic mass is 35.5. The number of aromatic nitrogens is 1. The Labute approximate surface area is 158 Å². The van der Waals surface area contributed by atoms with Crippen LogP contribution < -0.4 is 5.32 Å². The molecule has 4 heterocycles. The first-order chi connectivity index (χ1) is 12.6. The van der Waals surface area contributed by atoms with Crippen molar-refractivity contribution in [2.45, 2.75) is 37.9 Å². The van der Waals surface area contributed by atoms with Crippen molar-refractivity contribution in [1.82, 2.24) is 19.7 Å². The number of nitrogens with one attached hydrogen (secondary N) is 1. The quantitative estimate of drug-likeness (QED) is 0.880. The van der Waals surface area contributed by atoms with Crippen molar-refractivity contribution < 1.29 is 4.79 Å². The number of halogens is 1. The predicted octanol–water partition coefficient (Wildman–Crippen LogP) is 2.42. The first-order valence-corrected chi connectivity index (χ1v) is 10.0. The fourth-order valence-corrected chi connectivity index (χ4v) is 5.33. The third-order valence-corrected chi connectivity index (χ3v) is 6.78. The van der Waals surface area contributed by atoms with E-state index < -0.39 is 0 Å². The van der Waals surface area contributed by atoms with Crippen LogP contribution in [0.1, 0.15) is 30.1 Å². The molecule has 5 rings (SSSR count). The Bertz CT molecular complexity index is 870. The monoisotopic (exact) mass is 372 g/mol. The lowest BCUT2D eigenvalue weighted by Gasteiger charge is -2.33. The molecule has 0 radical (unpaired) electrons. The number of likely N-dealkylation sites (N-methyl/N-ethyl adjacent to an activating group) is 1. The predicted molar refractivity (Wildman–Crippen MR) is 104 cm³/mol. The van der Waals surface area contributed by atoms with Crippen LogP contribution in [0.5, 0.6) is 0 Å². The first kappa shape index (κ1) is 16.6. The summed E-state index contributed by atoms with van der Waals surface area (Å²) in [6.07, 6.45) is 3.47. The third kappa shape index (κ3) is 2.48. The smallest absolute Gasteiger partial charge is 0.242 e. The molecule has 1 aromatic carbocycles. The van der Waals surface area contributed by atoms with E-state index in [2.05, 4.69) is 34.0 Å². The van der Waals surface area contributed by atoms with Gasteiger partial charge in [0, 0.05) is 66.3 Å². The van der Waals surface area contributed by atoms with E-state index >= 15 is 0 Å². The summed E-state index contributed by atoms with van der Waals surface area (Å²) in [5.41, 5.74) is 3.92. The van der Waals surface area contributed by atoms with Gasteiger partial charge in [0.2, 0.25) is 5.91 Å². The maximum absolute atomic E-state index is 12.9. The van der Waals surface area contributed by atoms with Crippen molar-refractivity contribution in [3.63, 3.8) is 0 Å². The molecule has 2 atom stereocenters.